The first kappa shape index (κ1) is 18.2. The van der Waals surface area contributed by atoms with Crippen LogP contribution in [0.15, 0.2) is 54.6 Å². The molecule has 3 nitrogen and oxygen atoms in total. The number of benzene rings is 2. The smallest absolute Gasteiger partial charge is 0.246 e. The first-order valence-corrected chi connectivity index (χ1v) is 8.18. The number of carbonyl (C=O) groups is 1. The van der Waals surface area contributed by atoms with Gasteiger partial charge < -0.3 is 10.1 Å². The zero-order valence-electron chi connectivity index (χ0n) is 11.8. The fourth-order valence-corrected chi connectivity index (χ4v) is 2.30. The molecule has 1 amide bonds. The Bertz CT molecular complexity index is 659. The number of hydrogen-bond donors (Lipinski definition) is 1. The van der Waals surface area contributed by atoms with Crippen LogP contribution in [0.25, 0.3) is 0 Å². The van der Waals surface area contributed by atoms with Crippen molar-refractivity contribution < 1.29 is 9.53 Å². The number of carbonyl (C=O) groups excluding carboxylic acids is 1. The van der Waals surface area contributed by atoms with Crippen molar-refractivity contribution in [2.24, 2.45) is 0 Å². The summed E-state index contributed by atoms with van der Waals surface area (Å²) in [5, 5.41) is 2.92. The van der Waals surface area contributed by atoms with Gasteiger partial charge in [0.25, 0.3) is 0 Å². The molecule has 23 heavy (non-hydrogen) atoms. The zero-order chi connectivity index (χ0) is 16.9. The Morgan fingerprint density at radius 3 is 2.26 bits per heavy atom. The second kappa shape index (κ2) is 8.11. The van der Waals surface area contributed by atoms with Crippen molar-refractivity contribution in [3.8, 4) is 5.75 Å². The second-order valence-electron chi connectivity index (χ2n) is 4.70. The number of nitrogens with one attached hydrogen (secondary N) is 1. The van der Waals surface area contributed by atoms with E-state index in [-0.39, 0.29) is 12.3 Å². The number of ether oxygens (including phenoxy) is 1. The highest BCUT2D eigenvalue weighted by atomic mass is 35.6. The Labute approximate surface area is 154 Å². The summed E-state index contributed by atoms with van der Waals surface area (Å²) in [5.41, 5.74) is 0.839. The van der Waals surface area contributed by atoms with Crippen LogP contribution in [0.4, 0.5) is 0 Å². The van der Waals surface area contributed by atoms with Gasteiger partial charge >= 0.3 is 0 Å². The molecule has 0 aromatic heterocycles. The topological polar surface area (TPSA) is 38.3 Å². The van der Waals surface area contributed by atoms with E-state index in [1.54, 1.807) is 24.3 Å². The molecule has 1 atom stereocenters. The van der Waals surface area contributed by atoms with Crippen LogP contribution in [-0.2, 0) is 11.2 Å². The molecule has 0 heterocycles. The number of amides is 1. The SMILES string of the molecule is O=C(Cc1ccccc1)N[C@@H](Oc1ccccc1Cl)C(Cl)(Cl)Cl. The minimum atomic E-state index is -1.86. The van der Waals surface area contributed by atoms with Gasteiger partial charge in [-0.25, -0.2) is 0 Å². The monoisotopic (exact) mass is 391 g/mol. The van der Waals surface area contributed by atoms with Crippen molar-refractivity contribution >= 4 is 52.3 Å². The highest BCUT2D eigenvalue weighted by Gasteiger charge is 2.36. The van der Waals surface area contributed by atoms with Crippen molar-refractivity contribution in [2.45, 2.75) is 16.4 Å². The van der Waals surface area contributed by atoms with Gasteiger partial charge in [-0.15, -0.1) is 0 Å². The van der Waals surface area contributed by atoms with Crippen molar-refractivity contribution in [3.05, 3.63) is 65.2 Å². The lowest BCUT2D eigenvalue weighted by molar-refractivity contribution is -0.122. The molecular weight excluding hydrogens is 380 g/mol. The van der Waals surface area contributed by atoms with Crippen LogP contribution in [0.3, 0.4) is 0 Å². The average Bonchev–Trinajstić information content (AvgIpc) is 2.48. The lowest BCUT2D eigenvalue weighted by Crippen LogP contribution is -2.48. The number of hydrogen-bond acceptors (Lipinski definition) is 2. The highest BCUT2D eigenvalue weighted by molar-refractivity contribution is 6.68. The third kappa shape index (κ3) is 5.78. The molecule has 0 fully saturated rings. The highest BCUT2D eigenvalue weighted by Crippen LogP contribution is 2.34. The Morgan fingerprint density at radius 1 is 1.04 bits per heavy atom. The van der Waals surface area contributed by atoms with Gasteiger partial charge in [-0.2, -0.15) is 0 Å². The Balaban J connectivity index is 2.07. The summed E-state index contributed by atoms with van der Waals surface area (Å²) >= 11 is 23.7. The van der Waals surface area contributed by atoms with Crippen LogP contribution in [0, 0.1) is 0 Å². The van der Waals surface area contributed by atoms with Crippen molar-refractivity contribution in [1.29, 1.82) is 0 Å². The zero-order valence-corrected chi connectivity index (χ0v) is 14.8. The number of rotatable bonds is 5. The van der Waals surface area contributed by atoms with Gasteiger partial charge in [-0.3, -0.25) is 4.79 Å². The van der Waals surface area contributed by atoms with Crippen LogP contribution >= 0.6 is 46.4 Å². The van der Waals surface area contributed by atoms with E-state index in [0.717, 1.165) is 5.56 Å². The fourth-order valence-electron chi connectivity index (χ4n) is 1.82. The van der Waals surface area contributed by atoms with E-state index >= 15 is 0 Å². The normalized spacial score (nSPS) is 12.5. The van der Waals surface area contributed by atoms with E-state index in [0.29, 0.717) is 10.8 Å². The Hall–Kier alpha value is -1.13. The predicted molar refractivity (Wildman–Crippen MR) is 94.4 cm³/mol. The minimum absolute atomic E-state index is 0.143. The molecule has 0 bridgehead atoms. The largest absolute Gasteiger partial charge is 0.464 e. The van der Waals surface area contributed by atoms with Gasteiger partial charge in [0.1, 0.15) is 5.75 Å². The molecule has 0 saturated heterocycles. The van der Waals surface area contributed by atoms with E-state index in [1.165, 1.54) is 0 Å². The Kier molecular flexibility index (Phi) is 6.42. The molecule has 122 valence electrons. The maximum atomic E-state index is 12.1. The predicted octanol–water partition coefficient (Wildman–Crippen LogP) is 4.77. The van der Waals surface area contributed by atoms with Crippen molar-refractivity contribution in [3.63, 3.8) is 0 Å². The first-order chi connectivity index (χ1) is 10.9. The summed E-state index contributed by atoms with van der Waals surface area (Å²) in [5.74, 6) is -0.0231. The van der Waals surface area contributed by atoms with Crippen molar-refractivity contribution in [1.82, 2.24) is 5.32 Å². The number of para-hydroxylation sites is 1. The molecule has 2 aromatic carbocycles. The van der Waals surface area contributed by atoms with Crippen LogP contribution in [-0.4, -0.2) is 15.9 Å². The maximum Gasteiger partial charge on any atom is 0.246 e. The number of halogens is 4. The minimum Gasteiger partial charge on any atom is -0.464 e. The maximum absolute atomic E-state index is 12.1. The van der Waals surface area contributed by atoms with Crippen LogP contribution in [0.5, 0.6) is 5.75 Å². The second-order valence-corrected chi connectivity index (χ2v) is 7.48. The van der Waals surface area contributed by atoms with E-state index in [9.17, 15) is 4.79 Å². The molecule has 1 N–H and O–H groups in total. The van der Waals surface area contributed by atoms with Crippen LogP contribution < -0.4 is 10.1 Å². The van der Waals surface area contributed by atoms with Gasteiger partial charge in [0.05, 0.1) is 11.4 Å². The summed E-state index contributed by atoms with van der Waals surface area (Å²) in [6.07, 6.45) is -1.03. The molecule has 0 aliphatic carbocycles. The van der Waals surface area contributed by atoms with Gasteiger partial charge in [-0.05, 0) is 17.7 Å². The van der Waals surface area contributed by atoms with Gasteiger partial charge in [0.2, 0.25) is 15.9 Å². The molecule has 0 spiro atoms. The van der Waals surface area contributed by atoms with E-state index < -0.39 is 10.0 Å². The molecule has 0 saturated carbocycles. The summed E-state index contributed by atoms with van der Waals surface area (Å²) in [6.45, 7) is 0. The van der Waals surface area contributed by atoms with Gasteiger partial charge in [0.15, 0.2) is 0 Å². The third-order valence-corrected chi connectivity index (χ3v) is 3.79. The fraction of sp³-hybridized carbons (Fsp3) is 0.188. The molecule has 7 heteroatoms. The Morgan fingerprint density at radius 2 is 1.65 bits per heavy atom. The van der Waals surface area contributed by atoms with E-state index in [1.807, 2.05) is 30.3 Å². The molecule has 2 rings (SSSR count). The molecule has 0 aliphatic heterocycles. The average molecular weight is 393 g/mol. The summed E-state index contributed by atoms with van der Waals surface area (Å²) in [6, 6.07) is 15.9. The standard InChI is InChI=1S/C16H13Cl4NO2/c17-12-8-4-5-9-13(12)23-15(16(18,19)20)21-14(22)10-11-6-2-1-3-7-11/h1-9,15H,10H2,(H,21,22)/t15-/m0/s1. The lowest BCUT2D eigenvalue weighted by Gasteiger charge is -2.26. The number of alkyl halides is 3. The van der Waals surface area contributed by atoms with Crippen LogP contribution in [0.1, 0.15) is 5.56 Å². The van der Waals surface area contributed by atoms with Gasteiger partial charge in [-0.1, -0.05) is 88.9 Å². The summed E-state index contributed by atoms with van der Waals surface area (Å²) in [4.78, 5) is 12.1. The quantitative estimate of drug-likeness (QED) is 0.587. The molecule has 0 radical (unpaired) electrons. The molecule has 0 aliphatic rings. The molecule has 0 unspecified atom stereocenters. The van der Waals surface area contributed by atoms with Crippen molar-refractivity contribution in [2.75, 3.05) is 0 Å². The molecular formula is C16H13Cl4NO2. The third-order valence-electron chi connectivity index (χ3n) is 2.88. The lowest BCUT2D eigenvalue weighted by atomic mass is 10.1. The summed E-state index contributed by atoms with van der Waals surface area (Å²) < 4.78 is 3.70. The first-order valence-electron chi connectivity index (χ1n) is 6.67. The summed E-state index contributed by atoms with van der Waals surface area (Å²) in [7, 11) is 0. The van der Waals surface area contributed by atoms with E-state index in [4.69, 9.17) is 51.1 Å². The van der Waals surface area contributed by atoms with Crippen LogP contribution in [0.2, 0.25) is 5.02 Å². The van der Waals surface area contributed by atoms with Gasteiger partial charge in [0, 0.05) is 0 Å². The molecule has 2 aromatic rings. The van der Waals surface area contributed by atoms with E-state index in [2.05, 4.69) is 5.32 Å².